The van der Waals surface area contributed by atoms with Crippen LogP contribution in [0.5, 0.6) is 0 Å². The maximum atomic E-state index is 12.0. The molecule has 0 fully saturated rings. The number of hydrogen-bond donors (Lipinski definition) is 0. The second-order valence-corrected chi connectivity index (χ2v) is 4.91. The van der Waals surface area contributed by atoms with Crippen LogP contribution in [-0.2, 0) is 4.79 Å². The average molecular weight is 266 g/mol. The van der Waals surface area contributed by atoms with Gasteiger partial charge in [-0.2, -0.15) is 11.8 Å². The fourth-order valence-corrected chi connectivity index (χ4v) is 2.58. The van der Waals surface area contributed by atoms with Gasteiger partial charge in [0.15, 0.2) is 0 Å². The number of hydrogen-bond acceptors (Lipinski definition) is 4. The number of imide groups is 1. The van der Waals surface area contributed by atoms with Gasteiger partial charge >= 0.3 is 35.6 Å². The molecular weight excluding hydrogens is 251 g/mol. The molecule has 0 spiro atoms. The van der Waals surface area contributed by atoms with Crippen LogP contribution in [-0.4, -0.2) is 41.3 Å². The summed E-state index contributed by atoms with van der Waals surface area (Å²) in [5, 5.41) is 11.8. The van der Waals surface area contributed by atoms with Crippen molar-refractivity contribution in [2.45, 2.75) is 20.3 Å². The number of urea groups is 1. The van der Waals surface area contributed by atoms with Crippen molar-refractivity contribution >= 4 is 29.6 Å². The van der Waals surface area contributed by atoms with Gasteiger partial charge in [0.2, 0.25) is 5.91 Å². The SMILES string of the molecule is CCSCC1(CC)C(=O)N(C)C(=O)N=C1[O-].[Na+]. The van der Waals surface area contributed by atoms with Crippen molar-refractivity contribution in [2.75, 3.05) is 18.6 Å². The zero-order chi connectivity index (χ0) is 12.3. The number of amides is 3. The molecule has 0 bridgehead atoms. The summed E-state index contributed by atoms with van der Waals surface area (Å²) in [4.78, 5) is 27.6. The summed E-state index contributed by atoms with van der Waals surface area (Å²) in [5.74, 6) is 0.184. The fourth-order valence-electron chi connectivity index (χ4n) is 1.57. The van der Waals surface area contributed by atoms with Crippen LogP contribution in [0.25, 0.3) is 0 Å². The van der Waals surface area contributed by atoms with Gasteiger partial charge in [0, 0.05) is 12.8 Å². The number of rotatable bonds is 4. The molecule has 0 aromatic heterocycles. The number of carbonyl (C=O) groups excluding carboxylic acids is 2. The first kappa shape index (κ1) is 17.0. The van der Waals surface area contributed by atoms with Crippen LogP contribution in [0.3, 0.4) is 0 Å². The van der Waals surface area contributed by atoms with E-state index in [1.807, 2.05) is 6.92 Å². The predicted octanol–water partition coefficient (Wildman–Crippen LogP) is -2.51. The number of carbonyl (C=O) groups is 2. The summed E-state index contributed by atoms with van der Waals surface area (Å²) >= 11 is 1.51. The molecule has 1 unspecified atom stereocenters. The van der Waals surface area contributed by atoms with E-state index in [2.05, 4.69) is 4.99 Å². The first-order valence-corrected chi connectivity index (χ1v) is 6.31. The Morgan fingerprint density at radius 3 is 2.47 bits per heavy atom. The van der Waals surface area contributed by atoms with Gasteiger partial charge < -0.3 is 5.11 Å². The van der Waals surface area contributed by atoms with Crippen LogP contribution in [0.1, 0.15) is 20.3 Å². The summed E-state index contributed by atoms with van der Waals surface area (Å²) in [7, 11) is 1.36. The van der Waals surface area contributed by atoms with Gasteiger partial charge in [-0.25, -0.2) is 9.79 Å². The van der Waals surface area contributed by atoms with Crippen molar-refractivity contribution in [1.82, 2.24) is 4.90 Å². The second-order valence-electron chi connectivity index (χ2n) is 3.64. The number of thioether (sulfide) groups is 1. The third-order valence-corrected chi connectivity index (χ3v) is 3.87. The van der Waals surface area contributed by atoms with E-state index in [4.69, 9.17) is 0 Å². The van der Waals surface area contributed by atoms with Crippen LogP contribution in [0.2, 0.25) is 0 Å². The molecule has 17 heavy (non-hydrogen) atoms. The molecule has 1 atom stereocenters. The Bertz CT molecular complexity index is 348. The molecule has 0 aromatic carbocycles. The van der Waals surface area contributed by atoms with E-state index in [-0.39, 0.29) is 29.6 Å². The minimum absolute atomic E-state index is 0. The van der Waals surface area contributed by atoms with Crippen molar-refractivity contribution in [3.63, 3.8) is 0 Å². The molecule has 0 aliphatic carbocycles. The van der Waals surface area contributed by atoms with E-state index in [9.17, 15) is 14.7 Å². The summed E-state index contributed by atoms with van der Waals surface area (Å²) in [5.41, 5.74) is -1.14. The molecule has 1 heterocycles. The van der Waals surface area contributed by atoms with E-state index in [1.165, 1.54) is 18.8 Å². The van der Waals surface area contributed by atoms with Crippen molar-refractivity contribution in [1.29, 1.82) is 0 Å². The number of aliphatic imine (C=N–C) groups is 1. The Labute approximate surface area is 127 Å². The van der Waals surface area contributed by atoms with Gasteiger partial charge in [-0.3, -0.25) is 9.69 Å². The molecule has 0 saturated heterocycles. The van der Waals surface area contributed by atoms with Crippen LogP contribution in [0, 0.1) is 5.41 Å². The van der Waals surface area contributed by atoms with Crippen LogP contribution >= 0.6 is 11.8 Å². The monoisotopic (exact) mass is 266 g/mol. The Balaban J connectivity index is 0.00000256. The maximum absolute atomic E-state index is 12.0. The second kappa shape index (κ2) is 6.78. The molecule has 1 aliphatic heterocycles. The Kier molecular flexibility index (Phi) is 6.76. The molecule has 0 saturated carbocycles. The van der Waals surface area contributed by atoms with E-state index in [0.29, 0.717) is 12.2 Å². The van der Waals surface area contributed by atoms with Gasteiger partial charge in [0.05, 0.1) is 5.41 Å². The van der Waals surface area contributed by atoms with Gasteiger partial charge in [-0.15, -0.1) is 0 Å². The zero-order valence-electron chi connectivity index (χ0n) is 10.6. The summed E-state index contributed by atoms with van der Waals surface area (Å²) < 4.78 is 0. The minimum atomic E-state index is -1.14. The third kappa shape index (κ3) is 3.05. The largest absolute Gasteiger partial charge is 1.00 e. The molecular formula is C10H15N2NaO3S. The van der Waals surface area contributed by atoms with Gasteiger partial charge in [0.25, 0.3) is 0 Å². The third-order valence-electron chi connectivity index (χ3n) is 2.76. The van der Waals surface area contributed by atoms with Crippen molar-refractivity contribution in [3.8, 4) is 0 Å². The molecule has 1 aliphatic rings. The zero-order valence-corrected chi connectivity index (χ0v) is 13.5. The molecule has 90 valence electrons. The minimum Gasteiger partial charge on any atom is -0.861 e. The smallest absolute Gasteiger partial charge is 0.861 e. The Hall–Kier alpha value is -0.0400. The molecule has 0 radical (unpaired) electrons. The van der Waals surface area contributed by atoms with E-state index >= 15 is 0 Å². The Morgan fingerprint density at radius 1 is 1.41 bits per heavy atom. The molecule has 3 amide bonds. The van der Waals surface area contributed by atoms with E-state index < -0.39 is 23.3 Å². The Morgan fingerprint density at radius 2 is 2.00 bits per heavy atom. The topological polar surface area (TPSA) is 72.8 Å². The molecule has 5 nitrogen and oxygen atoms in total. The fraction of sp³-hybridized carbons (Fsp3) is 0.700. The normalized spacial score (nSPS) is 24.4. The first-order chi connectivity index (χ1) is 7.49. The van der Waals surface area contributed by atoms with Crippen LogP contribution in [0.4, 0.5) is 4.79 Å². The maximum Gasteiger partial charge on any atom is 1.00 e. The molecule has 0 aromatic rings. The van der Waals surface area contributed by atoms with Gasteiger partial charge in [-0.1, -0.05) is 13.8 Å². The van der Waals surface area contributed by atoms with Crippen molar-refractivity contribution in [2.24, 2.45) is 10.4 Å². The number of nitrogens with zero attached hydrogens (tertiary/aromatic N) is 2. The first-order valence-electron chi connectivity index (χ1n) is 5.15. The average Bonchev–Trinajstić information content (AvgIpc) is 2.27. The van der Waals surface area contributed by atoms with Crippen molar-refractivity contribution in [3.05, 3.63) is 0 Å². The summed E-state index contributed by atoms with van der Waals surface area (Å²) in [6.07, 6.45) is 0.374. The standard InChI is InChI=1S/C10H16N2O3S.Na/c1-4-10(6-16-5-2)7(13)11-9(15)12(3)8(10)14;/h4-6H2,1-3H3,(H,11,13,15);/q;+1/p-1. The van der Waals surface area contributed by atoms with Gasteiger partial charge in [-0.05, 0) is 18.1 Å². The van der Waals surface area contributed by atoms with Crippen LogP contribution in [0.15, 0.2) is 4.99 Å². The summed E-state index contributed by atoms with van der Waals surface area (Å²) in [6.45, 7) is 3.73. The molecule has 1 rings (SSSR count). The van der Waals surface area contributed by atoms with E-state index in [0.717, 1.165) is 10.7 Å². The van der Waals surface area contributed by atoms with Crippen LogP contribution < -0.4 is 34.7 Å². The van der Waals surface area contributed by atoms with E-state index in [1.54, 1.807) is 6.92 Å². The van der Waals surface area contributed by atoms with Crippen molar-refractivity contribution < 1.29 is 44.3 Å². The predicted molar refractivity (Wildman–Crippen MR) is 61.3 cm³/mol. The quantitative estimate of drug-likeness (QED) is 0.527. The van der Waals surface area contributed by atoms with Gasteiger partial charge in [0.1, 0.15) is 0 Å². The molecule has 7 heteroatoms. The summed E-state index contributed by atoms with van der Waals surface area (Å²) in [6, 6.07) is -0.763. The molecule has 0 N–H and O–H groups in total.